The Morgan fingerprint density at radius 3 is 2.58 bits per heavy atom. The molecule has 0 aromatic heterocycles. The average molecular weight is 352 g/mol. The van der Waals surface area contributed by atoms with Crippen LogP contribution in [0.3, 0.4) is 0 Å². The predicted molar refractivity (Wildman–Crippen MR) is 98.6 cm³/mol. The highest BCUT2D eigenvalue weighted by molar-refractivity contribution is 6.10. The van der Waals surface area contributed by atoms with Crippen LogP contribution in [0.25, 0.3) is 0 Å². The Kier molecular flexibility index (Phi) is 4.28. The van der Waals surface area contributed by atoms with Crippen molar-refractivity contribution in [3.05, 3.63) is 59.2 Å². The summed E-state index contributed by atoms with van der Waals surface area (Å²) >= 11 is 0. The van der Waals surface area contributed by atoms with Crippen LogP contribution in [0.2, 0.25) is 0 Å². The second-order valence-corrected chi connectivity index (χ2v) is 6.95. The van der Waals surface area contributed by atoms with Crippen molar-refractivity contribution in [2.45, 2.75) is 25.7 Å². The van der Waals surface area contributed by atoms with Crippen LogP contribution in [0, 0.1) is 0 Å². The summed E-state index contributed by atoms with van der Waals surface area (Å²) in [5, 5.41) is 11.7. The Hall–Kier alpha value is -3.15. The molecule has 0 atom stereocenters. The summed E-state index contributed by atoms with van der Waals surface area (Å²) in [6, 6.07) is 11.9. The maximum Gasteiger partial charge on any atom is 0.307 e. The van der Waals surface area contributed by atoms with E-state index in [-0.39, 0.29) is 18.2 Å². The maximum atomic E-state index is 12.6. The van der Waals surface area contributed by atoms with E-state index >= 15 is 0 Å². The number of nitrogens with one attached hydrogen (secondary N) is 1. The molecule has 0 saturated heterocycles. The van der Waals surface area contributed by atoms with E-state index in [0.717, 1.165) is 11.3 Å². The van der Waals surface area contributed by atoms with Gasteiger partial charge in [0.05, 0.1) is 11.8 Å². The van der Waals surface area contributed by atoms with Gasteiger partial charge in [-0.2, -0.15) is 0 Å². The first-order valence-electron chi connectivity index (χ1n) is 8.25. The van der Waals surface area contributed by atoms with Gasteiger partial charge in [0.1, 0.15) is 0 Å². The van der Waals surface area contributed by atoms with Crippen LogP contribution in [0.4, 0.5) is 11.4 Å². The summed E-state index contributed by atoms with van der Waals surface area (Å²) in [5.74, 6) is -1.24. The summed E-state index contributed by atoms with van der Waals surface area (Å²) < 4.78 is 0. The number of nitrogens with zero attached hydrogens (tertiary/aromatic N) is 1. The van der Waals surface area contributed by atoms with Crippen molar-refractivity contribution in [2.24, 2.45) is 0 Å². The second kappa shape index (κ2) is 6.29. The molecule has 2 aromatic carbocycles. The minimum atomic E-state index is -0.928. The van der Waals surface area contributed by atoms with Crippen LogP contribution < -0.4 is 10.2 Å². The molecule has 1 aliphatic heterocycles. The first-order valence-corrected chi connectivity index (χ1v) is 8.25. The van der Waals surface area contributed by atoms with Crippen LogP contribution in [0.15, 0.2) is 42.5 Å². The quantitative estimate of drug-likeness (QED) is 0.886. The number of rotatable bonds is 4. The van der Waals surface area contributed by atoms with Crippen LogP contribution in [-0.4, -0.2) is 29.9 Å². The molecule has 6 nitrogen and oxygen atoms in total. The third-order valence-corrected chi connectivity index (χ3v) is 4.67. The molecular weight excluding hydrogens is 332 g/mol. The SMILES string of the molecule is CN1C(=O)C(C)(C)c2cc(C(=O)Nc3cccc(CC(=O)O)c3)ccc21. The molecule has 1 heterocycles. The highest BCUT2D eigenvalue weighted by atomic mass is 16.4. The molecule has 0 saturated carbocycles. The fraction of sp³-hybridized carbons (Fsp3) is 0.250. The highest BCUT2D eigenvalue weighted by Crippen LogP contribution is 2.41. The first-order chi connectivity index (χ1) is 12.2. The first kappa shape index (κ1) is 17.7. The molecule has 2 aromatic rings. The van der Waals surface area contributed by atoms with Crippen LogP contribution in [-0.2, 0) is 21.4 Å². The molecule has 6 heteroatoms. The molecular formula is C20H20N2O4. The van der Waals surface area contributed by atoms with E-state index < -0.39 is 11.4 Å². The average Bonchev–Trinajstić information content (AvgIpc) is 2.75. The zero-order valence-corrected chi connectivity index (χ0v) is 14.9. The summed E-state index contributed by atoms with van der Waals surface area (Å²) in [7, 11) is 1.73. The van der Waals surface area contributed by atoms with Gasteiger partial charge >= 0.3 is 5.97 Å². The van der Waals surface area contributed by atoms with Gasteiger partial charge in [0.25, 0.3) is 5.91 Å². The lowest BCUT2D eigenvalue weighted by molar-refractivity contribution is -0.136. The van der Waals surface area contributed by atoms with Gasteiger partial charge in [-0.1, -0.05) is 12.1 Å². The minimum absolute atomic E-state index is 0.00794. The van der Waals surface area contributed by atoms with E-state index in [0.29, 0.717) is 16.8 Å². The number of carboxylic acid groups (broad SMARTS) is 1. The molecule has 1 aliphatic rings. The van der Waals surface area contributed by atoms with E-state index in [9.17, 15) is 14.4 Å². The number of benzene rings is 2. The molecule has 134 valence electrons. The molecule has 0 fully saturated rings. The van der Waals surface area contributed by atoms with E-state index in [1.807, 2.05) is 13.8 Å². The Labute approximate surface area is 151 Å². The van der Waals surface area contributed by atoms with E-state index in [1.165, 1.54) is 0 Å². The third-order valence-electron chi connectivity index (χ3n) is 4.67. The van der Waals surface area contributed by atoms with Crippen molar-refractivity contribution in [1.29, 1.82) is 0 Å². The molecule has 2 amide bonds. The Morgan fingerprint density at radius 2 is 1.88 bits per heavy atom. The lowest BCUT2D eigenvalue weighted by atomic mass is 9.85. The standard InChI is InChI=1S/C20H20N2O4/c1-20(2)15-11-13(7-8-16(15)22(3)19(20)26)18(25)21-14-6-4-5-12(9-14)10-17(23)24/h4-9,11H,10H2,1-3H3,(H,21,25)(H,23,24). The van der Waals surface area contributed by atoms with Gasteiger partial charge in [0.2, 0.25) is 5.91 Å². The number of carbonyl (C=O) groups is 3. The van der Waals surface area contributed by atoms with Gasteiger partial charge < -0.3 is 15.3 Å². The fourth-order valence-corrected chi connectivity index (χ4v) is 3.25. The Bertz CT molecular complexity index is 918. The van der Waals surface area contributed by atoms with Crippen LogP contribution in [0.1, 0.15) is 35.3 Å². The van der Waals surface area contributed by atoms with E-state index in [1.54, 1.807) is 54.4 Å². The smallest absolute Gasteiger partial charge is 0.307 e. The predicted octanol–water partition coefficient (Wildman–Crippen LogP) is 2.82. The summed E-state index contributed by atoms with van der Waals surface area (Å²) in [5.41, 5.74) is 2.53. The summed E-state index contributed by atoms with van der Waals surface area (Å²) in [4.78, 5) is 37.4. The molecule has 3 rings (SSSR count). The monoisotopic (exact) mass is 352 g/mol. The summed E-state index contributed by atoms with van der Waals surface area (Å²) in [6.07, 6.45) is -0.106. The molecule has 2 N–H and O–H groups in total. The number of hydrogen-bond acceptors (Lipinski definition) is 3. The molecule has 0 spiro atoms. The second-order valence-electron chi connectivity index (χ2n) is 6.95. The number of carboxylic acids is 1. The lowest BCUT2D eigenvalue weighted by Crippen LogP contribution is -2.33. The van der Waals surface area contributed by atoms with Gasteiger partial charge in [-0.25, -0.2) is 0 Å². The van der Waals surface area contributed by atoms with E-state index in [2.05, 4.69) is 5.32 Å². The largest absolute Gasteiger partial charge is 0.481 e. The Morgan fingerprint density at radius 1 is 1.15 bits per heavy atom. The van der Waals surface area contributed by atoms with Crippen molar-refractivity contribution in [3.8, 4) is 0 Å². The van der Waals surface area contributed by atoms with Crippen molar-refractivity contribution in [1.82, 2.24) is 0 Å². The number of anilines is 2. The normalized spacial score (nSPS) is 14.9. The number of aliphatic carboxylic acids is 1. The highest BCUT2D eigenvalue weighted by Gasteiger charge is 2.42. The fourth-order valence-electron chi connectivity index (χ4n) is 3.25. The lowest BCUT2D eigenvalue weighted by Gasteiger charge is -2.16. The maximum absolute atomic E-state index is 12.6. The molecule has 0 radical (unpaired) electrons. The van der Waals surface area contributed by atoms with Gasteiger partial charge in [0, 0.05) is 24.0 Å². The number of carbonyl (C=O) groups excluding carboxylic acids is 2. The van der Waals surface area contributed by atoms with Crippen molar-refractivity contribution < 1.29 is 19.5 Å². The van der Waals surface area contributed by atoms with Crippen molar-refractivity contribution in [3.63, 3.8) is 0 Å². The van der Waals surface area contributed by atoms with Gasteiger partial charge in [-0.3, -0.25) is 14.4 Å². The van der Waals surface area contributed by atoms with E-state index in [4.69, 9.17) is 5.11 Å². The molecule has 0 bridgehead atoms. The number of hydrogen-bond donors (Lipinski definition) is 2. The zero-order valence-electron chi connectivity index (χ0n) is 14.9. The van der Waals surface area contributed by atoms with Crippen LogP contribution >= 0.6 is 0 Å². The minimum Gasteiger partial charge on any atom is -0.481 e. The van der Waals surface area contributed by atoms with Gasteiger partial charge in [-0.05, 0) is 55.3 Å². The zero-order chi connectivity index (χ0) is 19.1. The molecule has 26 heavy (non-hydrogen) atoms. The number of likely N-dealkylation sites (N-methyl/N-ethyl adjacent to an activating group) is 1. The van der Waals surface area contributed by atoms with Gasteiger partial charge in [-0.15, -0.1) is 0 Å². The number of fused-ring (bicyclic) bond motifs is 1. The molecule has 0 aliphatic carbocycles. The van der Waals surface area contributed by atoms with Gasteiger partial charge in [0.15, 0.2) is 0 Å². The number of amides is 2. The van der Waals surface area contributed by atoms with Crippen LogP contribution in [0.5, 0.6) is 0 Å². The Balaban J connectivity index is 1.85. The summed E-state index contributed by atoms with van der Waals surface area (Å²) in [6.45, 7) is 3.68. The topological polar surface area (TPSA) is 86.7 Å². The molecule has 0 unspecified atom stereocenters. The van der Waals surface area contributed by atoms with Crippen molar-refractivity contribution in [2.75, 3.05) is 17.3 Å². The third kappa shape index (κ3) is 3.06. The van der Waals surface area contributed by atoms with Crippen molar-refractivity contribution >= 4 is 29.2 Å².